The summed E-state index contributed by atoms with van der Waals surface area (Å²) in [6.07, 6.45) is 0.533. The number of aryl methyl sites for hydroxylation is 1. The van der Waals surface area contributed by atoms with Crippen LogP contribution in [0, 0.1) is 6.92 Å². The first-order chi connectivity index (χ1) is 8.65. The molecule has 0 spiro atoms. The lowest BCUT2D eigenvalue weighted by Crippen LogP contribution is -1.93. The largest absolute Gasteiger partial charge is 0.496 e. The van der Waals surface area contributed by atoms with Crippen molar-refractivity contribution in [2.45, 2.75) is 13.3 Å². The molecule has 2 aromatic rings. The molecule has 4 nitrogen and oxygen atoms in total. The summed E-state index contributed by atoms with van der Waals surface area (Å²) in [5.74, 6) is 1.42. The molecule has 0 unspecified atom stereocenters. The lowest BCUT2D eigenvalue weighted by Gasteiger charge is -2.06. The fraction of sp³-hybridized carbons (Fsp3) is 0.308. The van der Waals surface area contributed by atoms with Crippen LogP contribution in [-0.4, -0.2) is 28.8 Å². The topological polar surface area (TPSA) is 58.1 Å². The van der Waals surface area contributed by atoms with E-state index in [9.17, 15) is 0 Å². The van der Waals surface area contributed by atoms with E-state index in [-0.39, 0.29) is 6.61 Å². The average molecular weight is 267 g/mol. The highest BCUT2D eigenvalue weighted by molar-refractivity contribution is 6.30. The Labute approximate surface area is 111 Å². The van der Waals surface area contributed by atoms with Crippen LogP contribution in [0.25, 0.3) is 11.4 Å². The fourth-order valence-electron chi connectivity index (χ4n) is 1.84. The number of nitrogens with one attached hydrogen (secondary N) is 1. The van der Waals surface area contributed by atoms with Crippen molar-refractivity contribution in [3.63, 3.8) is 0 Å². The Hall–Kier alpha value is -1.52. The molecule has 18 heavy (non-hydrogen) atoms. The first-order valence-electron chi connectivity index (χ1n) is 5.66. The van der Waals surface area contributed by atoms with Gasteiger partial charge in [0.1, 0.15) is 11.6 Å². The van der Waals surface area contributed by atoms with Crippen LogP contribution in [0.1, 0.15) is 11.4 Å². The lowest BCUT2D eigenvalue weighted by atomic mass is 10.2. The van der Waals surface area contributed by atoms with Gasteiger partial charge < -0.3 is 14.8 Å². The summed E-state index contributed by atoms with van der Waals surface area (Å²) in [6.45, 7) is 2.01. The van der Waals surface area contributed by atoms with Gasteiger partial charge in [-0.1, -0.05) is 11.6 Å². The van der Waals surface area contributed by atoms with E-state index < -0.39 is 0 Å². The molecule has 0 aliphatic rings. The molecular formula is C13H15ClN2O2. The maximum absolute atomic E-state index is 8.97. The summed E-state index contributed by atoms with van der Waals surface area (Å²) >= 11 is 5.99. The lowest BCUT2D eigenvalue weighted by molar-refractivity contribution is 0.298. The zero-order valence-corrected chi connectivity index (χ0v) is 11.1. The molecule has 0 amide bonds. The molecular weight excluding hydrogens is 252 g/mol. The van der Waals surface area contributed by atoms with E-state index in [0.717, 1.165) is 17.0 Å². The van der Waals surface area contributed by atoms with Gasteiger partial charge in [-0.3, -0.25) is 0 Å². The van der Waals surface area contributed by atoms with Crippen molar-refractivity contribution in [2.75, 3.05) is 13.7 Å². The van der Waals surface area contributed by atoms with Crippen molar-refractivity contribution in [1.29, 1.82) is 0 Å². The minimum absolute atomic E-state index is 0.0812. The van der Waals surface area contributed by atoms with Crippen molar-refractivity contribution >= 4 is 11.6 Å². The fourth-order valence-corrected chi connectivity index (χ4v) is 2.01. The standard InChI is InChI=1S/C13H15ClN2O2/c1-8-11(5-6-17)16-13(15-8)10-7-9(14)3-4-12(10)18-2/h3-4,7,17H,5-6H2,1-2H3,(H,15,16). The Morgan fingerprint density at radius 1 is 1.44 bits per heavy atom. The van der Waals surface area contributed by atoms with Gasteiger partial charge >= 0.3 is 0 Å². The predicted octanol–water partition coefficient (Wildman–Crippen LogP) is 2.58. The number of methoxy groups -OCH3 is 1. The number of H-pyrrole nitrogens is 1. The van der Waals surface area contributed by atoms with Crippen molar-refractivity contribution in [1.82, 2.24) is 9.97 Å². The number of aliphatic hydroxyl groups is 1. The molecule has 1 aromatic heterocycles. The monoisotopic (exact) mass is 266 g/mol. The molecule has 1 heterocycles. The number of nitrogens with zero attached hydrogens (tertiary/aromatic N) is 1. The van der Waals surface area contributed by atoms with E-state index >= 15 is 0 Å². The molecule has 0 radical (unpaired) electrons. The van der Waals surface area contributed by atoms with Crippen molar-refractivity contribution in [2.24, 2.45) is 0 Å². The number of aromatic nitrogens is 2. The van der Waals surface area contributed by atoms with E-state index in [0.29, 0.717) is 23.0 Å². The van der Waals surface area contributed by atoms with Crippen LogP contribution < -0.4 is 4.74 Å². The third-order valence-corrected chi connectivity index (χ3v) is 2.99. The Morgan fingerprint density at radius 2 is 2.22 bits per heavy atom. The average Bonchev–Trinajstić information content (AvgIpc) is 2.71. The number of benzene rings is 1. The second kappa shape index (κ2) is 5.42. The summed E-state index contributed by atoms with van der Waals surface area (Å²) in [4.78, 5) is 7.65. The first kappa shape index (κ1) is 12.9. The first-order valence-corrected chi connectivity index (χ1v) is 6.03. The molecule has 0 saturated heterocycles. The van der Waals surface area contributed by atoms with Gasteiger partial charge in [0.15, 0.2) is 0 Å². The van der Waals surface area contributed by atoms with Gasteiger partial charge in [-0.2, -0.15) is 0 Å². The Balaban J connectivity index is 2.47. The minimum atomic E-state index is 0.0812. The Bertz CT molecular complexity index is 552. The molecule has 0 fully saturated rings. The number of hydrogen-bond donors (Lipinski definition) is 2. The van der Waals surface area contributed by atoms with Gasteiger partial charge in [-0.15, -0.1) is 0 Å². The molecule has 0 bridgehead atoms. The van der Waals surface area contributed by atoms with Gasteiger partial charge in [-0.05, 0) is 25.1 Å². The number of imidazole rings is 1. The zero-order chi connectivity index (χ0) is 13.1. The van der Waals surface area contributed by atoms with Crippen LogP contribution in [0.3, 0.4) is 0 Å². The van der Waals surface area contributed by atoms with Gasteiger partial charge in [-0.25, -0.2) is 4.98 Å². The van der Waals surface area contributed by atoms with Gasteiger partial charge in [0.2, 0.25) is 0 Å². The van der Waals surface area contributed by atoms with Gasteiger partial charge in [0.05, 0.1) is 18.4 Å². The maximum atomic E-state index is 8.97. The van der Waals surface area contributed by atoms with E-state index in [4.69, 9.17) is 21.4 Å². The molecule has 96 valence electrons. The molecule has 0 saturated carbocycles. The highest BCUT2D eigenvalue weighted by Crippen LogP contribution is 2.31. The van der Waals surface area contributed by atoms with Crippen LogP contribution >= 0.6 is 11.6 Å². The number of halogens is 1. The van der Waals surface area contributed by atoms with Crippen molar-refractivity contribution in [3.05, 3.63) is 34.6 Å². The van der Waals surface area contributed by atoms with Crippen LogP contribution in [0.15, 0.2) is 18.2 Å². The second-order valence-electron chi connectivity index (χ2n) is 3.98. The third kappa shape index (κ3) is 2.49. The summed E-state index contributed by atoms with van der Waals surface area (Å²) in [5, 5.41) is 9.60. The molecule has 0 aliphatic carbocycles. The maximum Gasteiger partial charge on any atom is 0.141 e. The van der Waals surface area contributed by atoms with Crippen molar-refractivity contribution < 1.29 is 9.84 Å². The SMILES string of the molecule is COc1ccc(Cl)cc1-c1nc(CCO)c(C)[nH]1. The molecule has 2 rings (SSSR count). The molecule has 1 aromatic carbocycles. The van der Waals surface area contributed by atoms with Gasteiger partial charge in [0.25, 0.3) is 0 Å². The van der Waals surface area contributed by atoms with E-state index in [1.165, 1.54) is 0 Å². The van der Waals surface area contributed by atoms with Crippen LogP contribution in [-0.2, 0) is 6.42 Å². The minimum Gasteiger partial charge on any atom is -0.496 e. The number of ether oxygens (including phenoxy) is 1. The summed E-state index contributed by atoms with van der Waals surface area (Å²) in [7, 11) is 1.61. The number of hydrogen-bond acceptors (Lipinski definition) is 3. The highest BCUT2D eigenvalue weighted by Gasteiger charge is 2.12. The number of aliphatic hydroxyl groups excluding tert-OH is 1. The van der Waals surface area contributed by atoms with E-state index in [2.05, 4.69) is 9.97 Å². The molecule has 2 N–H and O–H groups in total. The Morgan fingerprint density at radius 3 is 2.89 bits per heavy atom. The predicted molar refractivity (Wildman–Crippen MR) is 71.1 cm³/mol. The van der Waals surface area contributed by atoms with Crippen LogP contribution in [0.4, 0.5) is 0 Å². The van der Waals surface area contributed by atoms with Crippen LogP contribution in [0.5, 0.6) is 5.75 Å². The normalized spacial score (nSPS) is 10.7. The molecule has 0 atom stereocenters. The zero-order valence-electron chi connectivity index (χ0n) is 10.3. The number of rotatable bonds is 4. The quantitative estimate of drug-likeness (QED) is 0.894. The summed E-state index contributed by atoms with van der Waals surface area (Å²) in [5.41, 5.74) is 2.62. The second-order valence-corrected chi connectivity index (χ2v) is 4.41. The summed E-state index contributed by atoms with van der Waals surface area (Å²) in [6, 6.07) is 5.39. The molecule has 0 aliphatic heterocycles. The van der Waals surface area contributed by atoms with Crippen molar-refractivity contribution in [3.8, 4) is 17.1 Å². The van der Waals surface area contributed by atoms with E-state index in [1.54, 1.807) is 25.3 Å². The molecule has 5 heteroatoms. The summed E-state index contributed by atoms with van der Waals surface area (Å²) < 4.78 is 5.30. The number of aromatic amines is 1. The Kier molecular flexibility index (Phi) is 3.89. The highest BCUT2D eigenvalue weighted by atomic mass is 35.5. The third-order valence-electron chi connectivity index (χ3n) is 2.75. The van der Waals surface area contributed by atoms with Gasteiger partial charge in [0, 0.05) is 23.7 Å². The van der Waals surface area contributed by atoms with Crippen LogP contribution in [0.2, 0.25) is 5.02 Å². The smallest absolute Gasteiger partial charge is 0.141 e. The van der Waals surface area contributed by atoms with E-state index in [1.807, 2.05) is 6.92 Å².